The molecule has 1 aliphatic rings. The lowest BCUT2D eigenvalue weighted by Gasteiger charge is -2.34. The van der Waals surface area contributed by atoms with Gasteiger partial charge in [0.25, 0.3) is 0 Å². The first-order valence-electron chi connectivity index (χ1n) is 8.74. The molecule has 130 valence electrons. The lowest BCUT2D eigenvalue weighted by atomic mass is 9.87. The SMILES string of the molecule is CCN1CCN(CC(O)COc2ccc(C(C)(C)C)cc2)CC1. The summed E-state index contributed by atoms with van der Waals surface area (Å²) in [7, 11) is 0. The van der Waals surface area contributed by atoms with Crippen LogP contribution in [-0.4, -0.2) is 66.9 Å². The first-order chi connectivity index (χ1) is 10.9. The average Bonchev–Trinajstić information content (AvgIpc) is 2.53. The molecule has 4 heteroatoms. The van der Waals surface area contributed by atoms with Crippen molar-refractivity contribution in [3.05, 3.63) is 29.8 Å². The summed E-state index contributed by atoms with van der Waals surface area (Å²) in [6, 6.07) is 8.19. The lowest BCUT2D eigenvalue weighted by molar-refractivity contribution is 0.0471. The van der Waals surface area contributed by atoms with Crippen molar-refractivity contribution in [1.82, 2.24) is 9.80 Å². The summed E-state index contributed by atoms with van der Waals surface area (Å²) < 4.78 is 5.73. The molecule has 1 aliphatic heterocycles. The monoisotopic (exact) mass is 320 g/mol. The number of β-amino-alcohol motifs (C(OH)–C–C–N with tert-alkyl or cyclic N) is 1. The third-order valence-corrected chi connectivity index (χ3v) is 4.54. The molecule has 1 unspecified atom stereocenters. The first kappa shape index (κ1) is 18.2. The highest BCUT2D eigenvalue weighted by atomic mass is 16.5. The Kier molecular flexibility index (Phi) is 6.45. The van der Waals surface area contributed by atoms with Gasteiger partial charge in [0.2, 0.25) is 0 Å². The van der Waals surface area contributed by atoms with Crippen molar-refractivity contribution in [2.24, 2.45) is 0 Å². The van der Waals surface area contributed by atoms with Gasteiger partial charge < -0.3 is 14.7 Å². The number of aliphatic hydroxyl groups is 1. The number of aliphatic hydroxyl groups excluding tert-OH is 1. The van der Waals surface area contributed by atoms with Crippen molar-refractivity contribution in [1.29, 1.82) is 0 Å². The Labute approximate surface area is 141 Å². The van der Waals surface area contributed by atoms with Gasteiger partial charge >= 0.3 is 0 Å². The van der Waals surface area contributed by atoms with Crippen LogP contribution in [0.4, 0.5) is 0 Å². The minimum absolute atomic E-state index is 0.151. The van der Waals surface area contributed by atoms with Crippen molar-refractivity contribution in [2.75, 3.05) is 45.9 Å². The molecule has 1 aromatic rings. The lowest BCUT2D eigenvalue weighted by Crippen LogP contribution is -2.49. The van der Waals surface area contributed by atoms with Crippen LogP contribution in [0.1, 0.15) is 33.3 Å². The fourth-order valence-electron chi connectivity index (χ4n) is 2.88. The molecule has 0 aliphatic carbocycles. The smallest absolute Gasteiger partial charge is 0.119 e. The van der Waals surface area contributed by atoms with E-state index in [1.165, 1.54) is 5.56 Å². The van der Waals surface area contributed by atoms with Crippen molar-refractivity contribution in [2.45, 2.75) is 39.2 Å². The van der Waals surface area contributed by atoms with Gasteiger partial charge in [0.15, 0.2) is 0 Å². The molecule has 1 saturated heterocycles. The van der Waals surface area contributed by atoms with E-state index in [1.807, 2.05) is 12.1 Å². The van der Waals surface area contributed by atoms with Crippen LogP contribution < -0.4 is 4.74 Å². The summed E-state index contributed by atoms with van der Waals surface area (Å²) in [5.41, 5.74) is 1.44. The van der Waals surface area contributed by atoms with Gasteiger partial charge in [-0.1, -0.05) is 39.8 Å². The predicted octanol–water partition coefficient (Wildman–Crippen LogP) is 2.36. The van der Waals surface area contributed by atoms with E-state index in [0.717, 1.165) is 38.5 Å². The molecule has 1 atom stereocenters. The number of hydrogen-bond acceptors (Lipinski definition) is 4. The van der Waals surface area contributed by atoms with E-state index in [0.29, 0.717) is 13.2 Å². The number of benzene rings is 1. The van der Waals surface area contributed by atoms with E-state index < -0.39 is 6.10 Å². The van der Waals surface area contributed by atoms with Gasteiger partial charge in [0, 0.05) is 32.7 Å². The van der Waals surface area contributed by atoms with Gasteiger partial charge in [-0.25, -0.2) is 0 Å². The molecule has 4 nitrogen and oxygen atoms in total. The second-order valence-corrected chi connectivity index (χ2v) is 7.47. The maximum Gasteiger partial charge on any atom is 0.119 e. The summed E-state index contributed by atoms with van der Waals surface area (Å²) >= 11 is 0. The summed E-state index contributed by atoms with van der Waals surface area (Å²) in [6.07, 6.45) is -0.439. The van der Waals surface area contributed by atoms with Crippen molar-refractivity contribution in [3.8, 4) is 5.75 Å². The molecule has 2 rings (SSSR count). The molecule has 0 spiro atoms. The zero-order valence-corrected chi connectivity index (χ0v) is 15.1. The Morgan fingerprint density at radius 2 is 1.61 bits per heavy atom. The molecule has 1 aromatic carbocycles. The van der Waals surface area contributed by atoms with E-state index in [2.05, 4.69) is 49.6 Å². The standard InChI is InChI=1S/C19H32N2O2/c1-5-20-10-12-21(13-11-20)14-17(22)15-23-18-8-6-16(7-9-18)19(2,3)4/h6-9,17,22H,5,10-15H2,1-4H3. The van der Waals surface area contributed by atoms with Crippen LogP contribution in [0.15, 0.2) is 24.3 Å². The van der Waals surface area contributed by atoms with Gasteiger partial charge in [-0.05, 0) is 29.7 Å². The molecule has 1 N–H and O–H groups in total. The normalized spacial score (nSPS) is 18.8. The fourth-order valence-corrected chi connectivity index (χ4v) is 2.88. The maximum atomic E-state index is 10.2. The van der Waals surface area contributed by atoms with Crippen molar-refractivity contribution in [3.63, 3.8) is 0 Å². The van der Waals surface area contributed by atoms with Crippen LogP contribution in [0.25, 0.3) is 0 Å². The number of ether oxygens (including phenoxy) is 1. The van der Waals surface area contributed by atoms with E-state index in [9.17, 15) is 5.11 Å². The number of hydrogen-bond donors (Lipinski definition) is 1. The van der Waals surface area contributed by atoms with E-state index in [1.54, 1.807) is 0 Å². The van der Waals surface area contributed by atoms with Gasteiger partial charge in [-0.15, -0.1) is 0 Å². The fraction of sp³-hybridized carbons (Fsp3) is 0.684. The Balaban J connectivity index is 1.73. The summed E-state index contributed by atoms with van der Waals surface area (Å²) in [5, 5.41) is 10.2. The molecule has 1 fully saturated rings. The molecule has 0 radical (unpaired) electrons. The maximum absolute atomic E-state index is 10.2. The molecular formula is C19H32N2O2. The second-order valence-electron chi connectivity index (χ2n) is 7.47. The number of nitrogens with zero attached hydrogens (tertiary/aromatic N) is 2. The van der Waals surface area contributed by atoms with Crippen molar-refractivity contribution >= 4 is 0 Å². The van der Waals surface area contributed by atoms with Gasteiger partial charge in [-0.2, -0.15) is 0 Å². The highest BCUT2D eigenvalue weighted by Crippen LogP contribution is 2.24. The number of likely N-dealkylation sites (N-methyl/N-ethyl adjacent to an activating group) is 1. The zero-order chi connectivity index (χ0) is 16.9. The van der Waals surface area contributed by atoms with Crippen LogP contribution in [0.3, 0.4) is 0 Å². The third-order valence-electron chi connectivity index (χ3n) is 4.54. The van der Waals surface area contributed by atoms with E-state index in [-0.39, 0.29) is 5.41 Å². The van der Waals surface area contributed by atoms with Crippen LogP contribution in [0, 0.1) is 0 Å². The van der Waals surface area contributed by atoms with Gasteiger partial charge in [0.1, 0.15) is 18.5 Å². The molecule has 1 heterocycles. The molecule has 0 aromatic heterocycles. The topological polar surface area (TPSA) is 35.9 Å². The molecule has 0 saturated carbocycles. The van der Waals surface area contributed by atoms with Crippen molar-refractivity contribution < 1.29 is 9.84 Å². The Bertz CT molecular complexity index is 459. The molecule has 0 amide bonds. The largest absolute Gasteiger partial charge is 0.491 e. The summed E-state index contributed by atoms with van der Waals surface area (Å²) in [4.78, 5) is 4.76. The quantitative estimate of drug-likeness (QED) is 0.873. The van der Waals surface area contributed by atoms with Crippen LogP contribution in [0.2, 0.25) is 0 Å². The number of piperazine rings is 1. The highest BCUT2D eigenvalue weighted by molar-refractivity contribution is 5.31. The first-order valence-corrected chi connectivity index (χ1v) is 8.74. The van der Waals surface area contributed by atoms with Crippen LogP contribution in [0.5, 0.6) is 5.75 Å². The van der Waals surface area contributed by atoms with Gasteiger partial charge in [0.05, 0.1) is 0 Å². The Hall–Kier alpha value is -1.10. The van der Waals surface area contributed by atoms with Crippen LogP contribution in [-0.2, 0) is 5.41 Å². The van der Waals surface area contributed by atoms with E-state index >= 15 is 0 Å². The minimum atomic E-state index is -0.439. The van der Waals surface area contributed by atoms with Gasteiger partial charge in [-0.3, -0.25) is 4.90 Å². The second kappa shape index (κ2) is 8.13. The molecular weight excluding hydrogens is 288 g/mol. The Morgan fingerprint density at radius 3 is 2.13 bits per heavy atom. The minimum Gasteiger partial charge on any atom is -0.491 e. The predicted molar refractivity (Wildman–Crippen MR) is 95.2 cm³/mol. The Morgan fingerprint density at radius 1 is 1.04 bits per heavy atom. The zero-order valence-electron chi connectivity index (χ0n) is 15.1. The molecule has 23 heavy (non-hydrogen) atoms. The van der Waals surface area contributed by atoms with Crippen LogP contribution >= 0.6 is 0 Å². The van der Waals surface area contributed by atoms with E-state index in [4.69, 9.17) is 4.74 Å². The average molecular weight is 320 g/mol. The molecule has 0 bridgehead atoms. The summed E-state index contributed by atoms with van der Waals surface area (Å²) in [6.45, 7) is 15.2. The number of rotatable bonds is 6. The summed E-state index contributed by atoms with van der Waals surface area (Å²) in [5.74, 6) is 0.827. The third kappa shape index (κ3) is 5.79. The highest BCUT2D eigenvalue weighted by Gasteiger charge is 2.18.